The molecule has 0 heterocycles. The zero-order valence-electron chi connectivity index (χ0n) is 7.62. The van der Waals surface area contributed by atoms with Gasteiger partial charge >= 0.3 is 0 Å². The molecule has 3 nitrogen and oxygen atoms in total. The van der Waals surface area contributed by atoms with Crippen molar-refractivity contribution >= 4 is 23.7 Å². The molecule has 0 bridgehead atoms. The second kappa shape index (κ2) is 4.77. The maximum Gasteiger partial charge on any atom is 0.199 e. The fourth-order valence-corrected chi connectivity index (χ4v) is 1.23. The lowest BCUT2D eigenvalue weighted by atomic mass is 10.1. The van der Waals surface area contributed by atoms with Crippen LogP contribution in [0.15, 0.2) is 18.2 Å². The highest BCUT2D eigenvalue weighted by molar-refractivity contribution is 6.32. The lowest BCUT2D eigenvalue weighted by Crippen LogP contribution is -2.04. The van der Waals surface area contributed by atoms with Crippen molar-refractivity contribution in [2.75, 3.05) is 7.11 Å². The monoisotopic (exact) mass is 212 g/mol. The third kappa shape index (κ3) is 2.57. The molecule has 4 heteroatoms. The number of hydrogen-bond donors (Lipinski definition) is 0. The first kappa shape index (κ1) is 10.7. The van der Waals surface area contributed by atoms with Gasteiger partial charge in [0, 0.05) is 11.4 Å². The summed E-state index contributed by atoms with van der Waals surface area (Å²) in [7, 11) is 1.52. The van der Waals surface area contributed by atoms with Crippen molar-refractivity contribution in [3.8, 4) is 5.75 Å². The smallest absolute Gasteiger partial charge is 0.199 e. The van der Waals surface area contributed by atoms with Gasteiger partial charge in [-0.05, 0) is 23.8 Å². The molecule has 0 saturated carbocycles. The quantitative estimate of drug-likeness (QED) is 0.563. The molecule has 0 radical (unpaired) electrons. The molecule has 0 amide bonds. The summed E-state index contributed by atoms with van der Waals surface area (Å²) in [5.74, 6) is 0.114. The van der Waals surface area contributed by atoms with Crippen LogP contribution >= 0.6 is 11.6 Å². The van der Waals surface area contributed by atoms with E-state index in [4.69, 9.17) is 16.3 Å². The fourth-order valence-electron chi connectivity index (χ4n) is 1.04. The van der Waals surface area contributed by atoms with E-state index >= 15 is 0 Å². The van der Waals surface area contributed by atoms with Gasteiger partial charge in [0.2, 0.25) is 0 Å². The average Bonchev–Trinajstić information content (AvgIpc) is 2.21. The van der Waals surface area contributed by atoms with Crippen molar-refractivity contribution in [2.24, 2.45) is 0 Å². The van der Waals surface area contributed by atoms with Crippen LogP contribution in [0, 0.1) is 0 Å². The van der Waals surface area contributed by atoms with Gasteiger partial charge in [-0.2, -0.15) is 0 Å². The molecule has 0 N–H and O–H groups in total. The van der Waals surface area contributed by atoms with Crippen LogP contribution in [-0.4, -0.2) is 19.2 Å². The van der Waals surface area contributed by atoms with Gasteiger partial charge in [-0.25, -0.2) is 0 Å². The maximum atomic E-state index is 10.9. The molecule has 0 aromatic heterocycles. The van der Waals surface area contributed by atoms with Crippen LogP contribution in [0.2, 0.25) is 5.02 Å². The molecule has 0 atom stereocenters. The number of Topliss-reactive ketones (excluding diaryl/α,β-unsaturated/α-hetero) is 1. The van der Waals surface area contributed by atoms with E-state index in [1.807, 2.05) is 0 Å². The average molecular weight is 213 g/mol. The Bertz CT molecular complexity index is 360. The molecular formula is C10H9ClO3. The molecule has 0 spiro atoms. The molecule has 74 valence electrons. The Balaban J connectivity index is 2.94. The minimum atomic E-state index is -0.500. The molecule has 1 aromatic carbocycles. The number of carbonyl (C=O) groups excluding carboxylic acids is 2. The van der Waals surface area contributed by atoms with Crippen molar-refractivity contribution in [3.63, 3.8) is 0 Å². The zero-order valence-corrected chi connectivity index (χ0v) is 8.38. The molecule has 0 aliphatic carbocycles. The Morgan fingerprint density at radius 2 is 2.29 bits per heavy atom. The molecule has 0 aliphatic rings. The zero-order chi connectivity index (χ0) is 10.6. The Hall–Kier alpha value is -1.35. The summed E-state index contributed by atoms with van der Waals surface area (Å²) in [6.45, 7) is 0. The summed E-state index contributed by atoms with van der Waals surface area (Å²) >= 11 is 5.83. The van der Waals surface area contributed by atoms with E-state index in [1.165, 1.54) is 7.11 Å². The lowest BCUT2D eigenvalue weighted by Gasteiger charge is -2.04. The van der Waals surface area contributed by atoms with Crippen LogP contribution in [0.3, 0.4) is 0 Å². The second-order valence-electron chi connectivity index (χ2n) is 2.72. The SMILES string of the molecule is COc1ccc(Cl)c(CC(=O)C=O)c1. The van der Waals surface area contributed by atoms with E-state index in [0.29, 0.717) is 16.3 Å². The van der Waals surface area contributed by atoms with Gasteiger partial charge in [0.05, 0.1) is 7.11 Å². The Morgan fingerprint density at radius 3 is 2.86 bits per heavy atom. The van der Waals surface area contributed by atoms with Crippen LogP contribution in [-0.2, 0) is 16.0 Å². The predicted molar refractivity (Wildman–Crippen MR) is 52.8 cm³/mol. The van der Waals surface area contributed by atoms with Crippen LogP contribution in [0.25, 0.3) is 0 Å². The molecule has 0 aliphatic heterocycles. The summed E-state index contributed by atoms with van der Waals surface area (Å²) in [5, 5.41) is 0.459. The fraction of sp³-hybridized carbons (Fsp3) is 0.200. The molecular weight excluding hydrogens is 204 g/mol. The van der Waals surface area contributed by atoms with Crippen LogP contribution in [0.5, 0.6) is 5.75 Å². The van der Waals surface area contributed by atoms with E-state index in [0.717, 1.165) is 0 Å². The predicted octanol–water partition coefficient (Wildman–Crippen LogP) is 1.66. The van der Waals surface area contributed by atoms with Crippen molar-refractivity contribution in [1.82, 2.24) is 0 Å². The van der Waals surface area contributed by atoms with Crippen molar-refractivity contribution in [2.45, 2.75) is 6.42 Å². The maximum absolute atomic E-state index is 10.9. The minimum Gasteiger partial charge on any atom is -0.497 e. The highest BCUT2D eigenvalue weighted by Crippen LogP contribution is 2.22. The summed E-state index contributed by atoms with van der Waals surface area (Å²) in [6, 6.07) is 4.97. The highest BCUT2D eigenvalue weighted by Gasteiger charge is 2.07. The number of methoxy groups -OCH3 is 1. The molecule has 1 aromatic rings. The summed E-state index contributed by atoms with van der Waals surface area (Å²) in [6.07, 6.45) is 0.301. The summed E-state index contributed by atoms with van der Waals surface area (Å²) in [5.41, 5.74) is 0.600. The van der Waals surface area contributed by atoms with Crippen LogP contribution < -0.4 is 4.74 Å². The van der Waals surface area contributed by atoms with Gasteiger partial charge < -0.3 is 4.74 Å². The first-order chi connectivity index (χ1) is 6.67. The topological polar surface area (TPSA) is 43.4 Å². The van der Waals surface area contributed by atoms with Gasteiger partial charge in [0.1, 0.15) is 5.75 Å². The highest BCUT2D eigenvalue weighted by atomic mass is 35.5. The van der Waals surface area contributed by atoms with Crippen LogP contribution in [0.1, 0.15) is 5.56 Å². The van der Waals surface area contributed by atoms with Crippen molar-refractivity contribution in [1.29, 1.82) is 0 Å². The van der Waals surface area contributed by atoms with E-state index < -0.39 is 5.78 Å². The number of hydrogen-bond acceptors (Lipinski definition) is 3. The van der Waals surface area contributed by atoms with E-state index in [9.17, 15) is 9.59 Å². The number of carbonyl (C=O) groups is 2. The standard InChI is InChI=1S/C10H9ClO3/c1-14-9-2-3-10(11)7(5-9)4-8(13)6-12/h2-3,5-6H,4H2,1H3. The lowest BCUT2D eigenvalue weighted by molar-refractivity contribution is -0.129. The first-order valence-electron chi connectivity index (χ1n) is 3.97. The summed E-state index contributed by atoms with van der Waals surface area (Å²) in [4.78, 5) is 21.0. The Labute approximate surface area is 86.6 Å². The third-order valence-corrected chi connectivity index (χ3v) is 2.12. The normalized spacial score (nSPS) is 9.57. The molecule has 1 rings (SSSR count). The van der Waals surface area contributed by atoms with Gasteiger partial charge in [-0.1, -0.05) is 11.6 Å². The van der Waals surface area contributed by atoms with E-state index in [2.05, 4.69) is 0 Å². The Morgan fingerprint density at radius 1 is 1.57 bits per heavy atom. The van der Waals surface area contributed by atoms with Gasteiger partial charge in [-0.3, -0.25) is 9.59 Å². The third-order valence-electron chi connectivity index (χ3n) is 1.75. The first-order valence-corrected chi connectivity index (χ1v) is 4.35. The second-order valence-corrected chi connectivity index (χ2v) is 3.13. The number of benzene rings is 1. The van der Waals surface area contributed by atoms with Crippen molar-refractivity contribution in [3.05, 3.63) is 28.8 Å². The molecule has 0 unspecified atom stereocenters. The number of aldehydes is 1. The van der Waals surface area contributed by atoms with Crippen molar-refractivity contribution < 1.29 is 14.3 Å². The largest absolute Gasteiger partial charge is 0.497 e. The number of rotatable bonds is 4. The van der Waals surface area contributed by atoms with Gasteiger partial charge in [-0.15, -0.1) is 0 Å². The Kier molecular flexibility index (Phi) is 3.65. The number of ether oxygens (including phenoxy) is 1. The molecule has 14 heavy (non-hydrogen) atoms. The molecule has 0 saturated heterocycles. The summed E-state index contributed by atoms with van der Waals surface area (Å²) < 4.78 is 4.97. The molecule has 0 fully saturated rings. The van der Waals surface area contributed by atoms with Crippen LogP contribution in [0.4, 0.5) is 0 Å². The van der Waals surface area contributed by atoms with Gasteiger partial charge in [0.15, 0.2) is 12.1 Å². The van der Waals surface area contributed by atoms with Gasteiger partial charge in [0.25, 0.3) is 0 Å². The number of halogens is 1. The van der Waals surface area contributed by atoms with E-state index in [1.54, 1.807) is 18.2 Å². The number of ketones is 1. The minimum absolute atomic E-state index is 0.0134. The van der Waals surface area contributed by atoms with E-state index in [-0.39, 0.29) is 12.7 Å².